The Balaban J connectivity index is 1.67. The summed E-state index contributed by atoms with van der Waals surface area (Å²) in [6.45, 7) is 8.16. The highest BCUT2D eigenvalue weighted by Crippen LogP contribution is 2.24. The first-order valence-electron chi connectivity index (χ1n) is 11.1. The molecule has 7 heteroatoms. The van der Waals surface area contributed by atoms with E-state index in [9.17, 15) is 9.59 Å². The minimum Gasteiger partial charge on any atom is -0.378 e. The first kappa shape index (κ1) is 23.8. The molecule has 0 radical (unpaired) electrons. The van der Waals surface area contributed by atoms with Crippen molar-refractivity contribution >= 4 is 23.2 Å². The molecular formula is C25H35N5O2. The van der Waals surface area contributed by atoms with E-state index in [-0.39, 0.29) is 6.04 Å². The van der Waals surface area contributed by atoms with Crippen LogP contribution < -0.4 is 15.5 Å². The summed E-state index contributed by atoms with van der Waals surface area (Å²) in [7, 11) is 6.15. The van der Waals surface area contributed by atoms with Crippen LogP contribution in [-0.4, -0.2) is 75.5 Å². The second-order valence-electron chi connectivity index (χ2n) is 8.80. The number of piperazine rings is 1. The molecule has 1 atom stereocenters. The van der Waals surface area contributed by atoms with Crippen molar-refractivity contribution in [1.29, 1.82) is 0 Å². The monoisotopic (exact) mass is 437 g/mol. The van der Waals surface area contributed by atoms with Gasteiger partial charge in [0.1, 0.15) is 0 Å². The fraction of sp³-hybridized carbons (Fsp3) is 0.440. The van der Waals surface area contributed by atoms with Crippen molar-refractivity contribution in [2.45, 2.75) is 19.9 Å². The maximum Gasteiger partial charge on any atom is 0.313 e. The molecule has 1 aliphatic heterocycles. The second kappa shape index (κ2) is 10.6. The first-order valence-corrected chi connectivity index (χ1v) is 11.1. The molecule has 0 bridgehead atoms. The van der Waals surface area contributed by atoms with Crippen molar-refractivity contribution in [3.63, 3.8) is 0 Å². The molecule has 1 unspecified atom stereocenters. The lowest BCUT2D eigenvalue weighted by Gasteiger charge is -2.38. The molecule has 172 valence electrons. The van der Waals surface area contributed by atoms with Gasteiger partial charge in [-0.3, -0.25) is 14.5 Å². The predicted molar refractivity (Wildman–Crippen MR) is 130 cm³/mol. The number of anilines is 2. The van der Waals surface area contributed by atoms with Gasteiger partial charge < -0.3 is 20.4 Å². The van der Waals surface area contributed by atoms with Crippen LogP contribution in [0.5, 0.6) is 0 Å². The van der Waals surface area contributed by atoms with E-state index < -0.39 is 11.8 Å². The van der Waals surface area contributed by atoms with Crippen LogP contribution in [0.4, 0.5) is 11.4 Å². The SMILES string of the molecule is Cc1ccc(NC(=O)C(=O)NCC(c2ccc(N(C)C)cc2)N2CCN(C)CC2)cc1C. The van der Waals surface area contributed by atoms with Gasteiger partial charge in [-0.15, -0.1) is 0 Å². The lowest BCUT2D eigenvalue weighted by Crippen LogP contribution is -2.49. The molecule has 2 aromatic rings. The summed E-state index contributed by atoms with van der Waals surface area (Å²) in [6.07, 6.45) is 0. The summed E-state index contributed by atoms with van der Waals surface area (Å²) in [4.78, 5) is 31.8. The number of nitrogens with zero attached hydrogens (tertiary/aromatic N) is 3. The van der Waals surface area contributed by atoms with Gasteiger partial charge in [-0.05, 0) is 61.9 Å². The van der Waals surface area contributed by atoms with E-state index in [1.54, 1.807) is 0 Å². The van der Waals surface area contributed by atoms with E-state index >= 15 is 0 Å². The quantitative estimate of drug-likeness (QED) is 0.680. The van der Waals surface area contributed by atoms with Crippen LogP contribution in [0, 0.1) is 13.8 Å². The Morgan fingerprint density at radius 2 is 1.59 bits per heavy atom. The topological polar surface area (TPSA) is 67.9 Å². The zero-order valence-corrected chi connectivity index (χ0v) is 19.8. The number of aryl methyl sites for hydroxylation is 2. The zero-order chi connectivity index (χ0) is 23.3. The molecule has 2 N–H and O–H groups in total. The van der Waals surface area contributed by atoms with Gasteiger partial charge in [0, 0.05) is 58.2 Å². The summed E-state index contributed by atoms with van der Waals surface area (Å²) in [5, 5.41) is 5.56. The predicted octanol–water partition coefficient (Wildman–Crippen LogP) is 2.41. The van der Waals surface area contributed by atoms with Crippen molar-refractivity contribution in [1.82, 2.24) is 15.1 Å². The van der Waals surface area contributed by atoms with Crippen LogP contribution in [0.1, 0.15) is 22.7 Å². The molecule has 3 rings (SSSR count). The number of benzene rings is 2. The lowest BCUT2D eigenvalue weighted by molar-refractivity contribution is -0.136. The van der Waals surface area contributed by atoms with E-state index in [0.717, 1.165) is 48.6 Å². The number of rotatable bonds is 6. The Kier molecular flexibility index (Phi) is 7.88. The van der Waals surface area contributed by atoms with Gasteiger partial charge >= 0.3 is 11.8 Å². The Labute approximate surface area is 191 Å². The first-order chi connectivity index (χ1) is 15.2. The molecule has 0 aliphatic carbocycles. The van der Waals surface area contributed by atoms with Gasteiger partial charge in [0.15, 0.2) is 0 Å². The molecule has 1 fully saturated rings. The van der Waals surface area contributed by atoms with E-state index in [0.29, 0.717) is 12.2 Å². The third-order valence-corrected chi connectivity index (χ3v) is 6.20. The Morgan fingerprint density at radius 1 is 0.938 bits per heavy atom. The van der Waals surface area contributed by atoms with Crippen LogP contribution in [0.15, 0.2) is 42.5 Å². The van der Waals surface area contributed by atoms with Crippen molar-refractivity contribution in [3.05, 3.63) is 59.2 Å². The van der Waals surface area contributed by atoms with Crippen LogP contribution in [0.2, 0.25) is 0 Å². The van der Waals surface area contributed by atoms with Gasteiger partial charge in [0.05, 0.1) is 6.04 Å². The van der Waals surface area contributed by atoms with Crippen molar-refractivity contribution in [2.75, 3.05) is 64.1 Å². The molecule has 1 aliphatic rings. The third kappa shape index (κ3) is 6.08. The van der Waals surface area contributed by atoms with Crippen LogP contribution in [-0.2, 0) is 9.59 Å². The van der Waals surface area contributed by atoms with Gasteiger partial charge in [0.25, 0.3) is 0 Å². The molecular weight excluding hydrogens is 402 g/mol. The molecule has 32 heavy (non-hydrogen) atoms. The number of amides is 2. The Hall–Kier alpha value is -2.90. The second-order valence-corrected chi connectivity index (χ2v) is 8.80. The highest BCUT2D eigenvalue weighted by Gasteiger charge is 2.25. The van der Waals surface area contributed by atoms with Gasteiger partial charge in [-0.25, -0.2) is 0 Å². The van der Waals surface area contributed by atoms with Gasteiger partial charge in [-0.1, -0.05) is 18.2 Å². The minimum absolute atomic E-state index is 0.0123. The highest BCUT2D eigenvalue weighted by molar-refractivity contribution is 6.39. The average molecular weight is 438 g/mol. The van der Waals surface area contributed by atoms with Crippen molar-refractivity contribution in [2.24, 2.45) is 0 Å². The van der Waals surface area contributed by atoms with E-state index in [2.05, 4.69) is 56.6 Å². The molecule has 2 aromatic carbocycles. The molecule has 0 saturated carbocycles. The maximum absolute atomic E-state index is 12.6. The zero-order valence-electron chi connectivity index (χ0n) is 19.8. The summed E-state index contributed by atoms with van der Waals surface area (Å²) < 4.78 is 0. The molecule has 7 nitrogen and oxygen atoms in total. The normalized spacial score (nSPS) is 15.8. The average Bonchev–Trinajstić information content (AvgIpc) is 2.77. The number of carbonyl (C=O) groups is 2. The van der Waals surface area contributed by atoms with E-state index in [1.807, 2.05) is 46.1 Å². The number of likely N-dealkylation sites (N-methyl/N-ethyl adjacent to an activating group) is 1. The summed E-state index contributed by atoms with van der Waals surface area (Å²) in [5.74, 6) is -1.26. The fourth-order valence-corrected chi connectivity index (χ4v) is 3.86. The molecule has 1 saturated heterocycles. The van der Waals surface area contributed by atoms with Crippen molar-refractivity contribution in [3.8, 4) is 0 Å². The molecule has 0 spiro atoms. The molecule has 1 heterocycles. The van der Waals surface area contributed by atoms with Gasteiger partial charge in [-0.2, -0.15) is 0 Å². The van der Waals surface area contributed by atoms with E-state index in [4.69, 9.17) is 0 Å². The standard InChI is InChI=1S/C25H35N5O2/c1-18-6-9-21(16-19(18)2)27-25(32)24(31)26-17-23(30-14-12-29(5)13-15-30)20-7-10-22(11-8-20)28(3)4/h6-11,16,23H,12-15,17H2,1-5H3,(H,26,31)(H,27,32). The Bertz CT molecular complexity index is 934. The Morgan fingerprint density at radius 3 is 2.19 bits per heavy atom. The van der Waals surface area contributed by atoms with Crippen molar-refractivity contribution < 1.29 is 9.59 Å². The number of nitrogens with one attached hydrogen (secondary N) is 2. The number of hydrogen-bond acceptors (Lipinski definition) is 5. The fourth-order valence-electron chi connectivity index (χ4n) is 3.86. The van der Waals surface area contributed by atoms with Crippen LogP contribution in [0.3, 0.4) is 0 Å². The number of hydrogen-bond donors (Lipinski definition) is 2. The number of carbonyl (C=O) groups excluding carboxylic acids is 2. The summed E-state index contributed by atoms with van der Waals surface area (Å²) >= 11 is 0. The summed E-state index contributed by atoms with van der Waals surface area (Å²) in [5.41, 5.74) is 5.10. The molecule has 0 aromatic heterocycles. The third-order valence-electron chi connectivity index (χ3n) is 6.20. The summed E-state index contributed by atoms with van der Waals surface area (Å²) in [6, 6.07) is 14.0. The highest BCUT2D eigenvalue weighted by atomic mass is 16.2. The minimum atomic E-state index is -0.645. The van der Waals surface area contributed by atoms with E-state index in [1.165, 1.54) is 0 Å². The maximum atomic E-state index is 12.6. The lowest BCUT2D eigenvalue weighted by atomic mass is 10.0. The van der Waals surface area contributed by atoms with Gasteiger partial charge in [0.2, 0.25) is 0 Å². The smallest absolute Gasteiger partial charge is 0.313 e. The van der Waals surface area contributed by atoms with Crippen LogP contribution in [0.25, 0.3) is 0 Å². The largest absolute Gasteiger partial charge is 0.378 e. The van der Waals surface area contributed by atoms with Crippen LogP contribution >= 0.6 is 0 Å². The molecule has 2 amide bonds.